The van der Waals surface area contributed by atoms with Crippen molar-refractivity contribution in [1.29, 1.82) is 0 Å². The number of aryl methyl sites for hydroxylation is 1. The Morgan fingerprint density at radius 2 is 1.93 bits per heavy atom. The molecular weight excluding hydrogens is 501 g/mol. The number of aromatic nitrogens is 1. The molecule has 0 aliphatic carbocycles. The molecule has 0 radical (unpaired) electrons. The van der Waals surface area contributed by atoms with Gasteiger partial charge < -0.3 is 19.9 Å². The number of guanidine groups is 1. The van der Waals surface area contributed by atoms with Crippen molar-refractivity contribution in [3.05, 3.63) is 45.9 Å². The molecule has 1 heterocycles. The number of nitrogens with one attached hydrogen (secondary N) is 1. The molecule has 0 saturated heterocycles. The van der Waals surface area contributed by atoms with Gasteiger partial charge in [-0.05, 0) is 31.0 Å². The molecule has 9 heteroatoms. The summed E-state index contributed by atoms with van der Waals surface area (Å²) in [5, 5.41) is 6.45. The number of carbonyl (C=O) groups excluding carboxylic acids is 1. The molecular formula is C20H30IN5O2S. The third kappa shape index (κ3) is 8.57. The van der Waals surface area contributed by atoms with Crippen molar-refractivity contribution >= 4 is 47.2 Å². The lowest BCUT2D eigenvalue weighted by Gasteiger charge is -2.22. The number of rotatable bonds is 8. The molecule has 160 valence electrons. The van der Waals surface area contributed by atoms with Gasteiger partial charge in [-0.25, -0.2) is 9.98 Å². The first-order valence-electron chi connectivity index (χ1n) is 9.12. The summed E-state index contributed by atoms with van der Waals surface area (Å²) in [7, 11) is 7.08. The molecule has 0 saturated carbocycles. The molecule has 0 fully saturated rings. The maximum atomic E-state index is 11.9. The molecule has 1 aromatic heterocycles. The fourth-order valence-corrected chi connectivity index (χ4v) is 3.11. The molecule has 0 aliphatic rings. The minimum atomic E-state index is -0.0349. The smallest absolute Gasteiger partial charge is 0.243 e. The molecule has 0 bridgehead atoms. The highest BCUT2D eigenvalue weighted by atomic mass is 127. The first kappa shape index (κ1) is 25.2. The highest BCUT2D eigenvalue weighted by molar-refractivity contribution is 14.0. The van der Waals surface area contributed by atoms with Gasteiger partial charge in [0, 0.05) is 33.1 Å². The predicted molar refractivity (Wildman–Crippen MR) is 129 cm³/mol. The monoisotopic (exact) mass is 531 g/mol. The normalized spacial score (nSPS) is 10.9. The highest BCUT2D eigenvalue weighted by Gasteiger charge is 2.11. The van der Waals surface area contributed by atoms with Crippen LogP contribution in [0.4, 0.5) is 0 Å². The molecule has 1 aromatic carbocycles. The lowest BCUT2D eigenvalue weighted by atomic mass is 10.1. The van der Waals surface area contributed by atoms with Gasteiger partial charge in [0.25, 0.3) is 0 Å². The van der Waals surface area contributed by atoms with Crippen LogP contribution in [0.1, 0.15) is 16.3 Å². The molecule has 1 N–H and O–H groups in total. The highest BCUT2D eigenvalue weighted by Crippen LogP contribution is 2.12. The van der Waals surface area contributed by atoms with Gasteiger partial charge in [-0.1, -0.05) is 12.1 Å². The number of thiazole rings is 1. The van der Waals surface area contributed by atoms with Crippen LogP contribution in [0.15, 0.2) is 34.6 Å². The summed E-state index contributed by atoms with van der Waals surface area (Å²) in [5.41, 5.74) is 2.20. The molecule has 29 heavy (non-hydrogen) atoms. The summed E-state index contributed by atoms with van der Waals surface area (Å²) in [6.07, 6.45) is 0.842. The number of likely N-dealkylation sites (N-methyl/N-ethyl adjacent to an activating group) is 1. The Labute approximate surface area is 194 Å². The van der Waals surface area contributed by atoms with Crippen LogP contribution in [0.25, 0.3) is 0 Å². The summed E-state index contributed by atoms with van der Waals surface area (Å²) in [6, 6.07) is 8.01. The maximum Gasteiger partial charge on any atom is 0.243 e. The Bertz CT molecular complexity index is 792. The van der Waals surface area contributed by atoms with Gasteiger partial charge in [0.15, 0.2) is 5.96 Å². The fraction of sp³-hybridized carbons (Fsp3) is 0.450. The van der Waals surface area contributed by atoms with Gasteiger partial charge in [0.2, 0.25) is 5.91 Å². The van der Waals surface area contributed by atoms with E-state index in [2.05, 4.69) is 27.4 Å². The van der Waals surface area contributed by atoms with Crippen molar-refractivity contribution in [3.63, 3.8) is 0 Å². The van der Waals surface area contributed by atoms with E-state index in [1.54, 1.807) is 37.4 Å². The van der Waals surface area contributed by atoms with E-state index in [1.165, 1.54) is 5.56 Å². The number of carbonyl (C=O) groups is 1. The van der Waals surface area contributed by atoms with Crippen LogP contribution in [0.2, 0.25) is 0 Å². The van der Waals surface area contributed by atoms with Crippen LogP contribution in [0, 0.1) is 6.92 Å². The van der Waals surface area contributed by atoms with Crippen molar-refractivity contribution in [3.8, 4) is 5.75 Å². The second-order valence-electron chi connectivity index (χ2n) is 6.67. The number of aliphatic imine (C=N–C) groups is 1. The van der Waals surface area contributed by atoms with Crippen molar-refractivity contribution in [2.75, 3.05) is 41.3 Å². The van der Waals surface area contributed by atoms with Crippen LogP contribution in [-0.2, 0) is 17.8 Å². The van der Waals surface area contributed by atoms with Crippen LogP contribution in [0.3, 0.4) is 0 Å². The van der Waals surface area contributed by atoms with E-state index in [0.717, 1.165) is 22.9 Å². The second kappa shape index (κ2) is 12.6. The average Bonchev–Trinajstić information content (AvgIpc) is 3.09. The molecule has 0 aliphatic heterocycles. The number of methoxy groups -OCH3 is 1. The number of ether oxygens (including phenoxy) is 1. The number of hydrogen-bond donors (Lipinski definition) is 1. The summed E-state index contributed by atoms with van der Waals surface area (Å²) in [6.45, 7) is 3.45. The van der Waals surface area contributed by atoms with E-state index in [-0.39, 0.29) is 36.4 Å². The second-order valence-corrected chi connectivity index (χ2v) is 7.73. The Hall–Kier alpha value is -1.88. The van der Waals surface area contributed by atoms with Crippen molar-refractivity contribution in [2.24, 2.45) is 4.99 Å². The van der Waals surface area contributed by atoms with Gasteiger partial charge in [-0.3, -0.25) is 4.79 Å². The molecule has 0 spiro atoms. The number of hydrogen-bond acceptors (Lipinski definition) is 5. The fourth-order valence-electron chi connectivity index (χ4n) is 2.51. The predicted octanol–water partition coefficient (Wildman–Crippen LogP) is 2.79. The first-order valence-corrected chi connectivity index (χ1v) is 10.0. The Morgan fingerprint density at radius 3 is 2.48 bits per heavy atom. The van der Waals surface area contributed by atoms with Crippen LogP contribution in [-0.4, -0.2) is 68.0 Å². The number of nitrogens with zero attached hydrogens (tertiary/aromatic N) is 4. The van der Waals surface area contributed by atoms with Gasteiger partial charge in [-0.2, -0.15) is 0 Å². The Balaban J connectivity index is 0.00000420. The lowest BCUT2D eigenvalue weighted by Crippen LogP contribution is -2.40. The molecule has 1 amide bonds. The van der Waals surface area contributed by atoms with Crippen molar-refractivity contribution in [2.45, 2.75) is 19.9 Å². The summed E-state index contributed by atoms with van der Waals surface area (Å²) < 4.78 is 5.19. The lowest BCUT2D eigenvalue weighted by molar-refractivity contribution is -0.127. The molecule has 7 nitrogen and oxygen atoms in total. The van der Waals surface area contributed by atoms with Gasteiger partial charge in [0.1, 0.15) is 12.3 Å². The van der Waals surface area contributed by atoms with Crippen LogP contribution < -0.4 is 10.1 Å². The largest absolute Gasteiger partial charge is 0.497 e. The topological polar surface area (TPSA) is 70.1 Å². The van der Waals surface area contributed by atoms with E-state index in [0.29, 0.717) is 19.0 Å². The van der Waals surface area contributed by atoms with E-state index in [4.69, 9.17) is 4.74 Å². The Morgan fingerprint density at radius 1 is 1.24 bits per heavy atom. The van der Waals surface area contributed by atoms with Gasteiger partial charge in [0.05, 0.1) is 24.4 Å². The zero-order valence-corrected chi connectivity index (χ0v) is 20.8. The van der Waals surface area contributed by atoms with Gasteiger partial charge >= 0.3 is 0 Å². The summed E-state index contributed by atoms with van der Waals surface area (Å²) in [4.78, 5) is 24.5. The third-order valence-electron chi connectivity index (χ3n) is 4.15. The van der Waals surface area contributed by atoms with Crippen LogP contribution in [0.5, 0.6) is 5.75 Å². The van der Waals surface area contributed by atoms with Crippen molar-refractivity contribution < 1.29 is 9.53 Å². The van der Waals surface area contributed by atoms with Crippen molar-refractivity contribution in [1.82, 2.24) is 20.1 Å². The zero-order chi connectivity index (χ0) is 20.5. The number of benzene rings is 1. The SMILES string of the molecule is COc1ccc(CCNC(=NCC(=O)N(C)C)N(C)Cc2csc(C)n2)cc1.I. The minimum absolute atomic E-state index is 0. The molecule has 0 unspecified atom stereocenters. The summed E-state index contributed by atoms with van der Waals surface area (Å²) in [5.74, 6) is 1.50. The van der Waals surface area contributed by atoms with Gasteiger partial charge in [-0.15, -0.1) is 35.3 Å². The standard InChI is InChI=1S/C20H29N5O2S.HI/c1-15-23-17(14-28-15)13-25(4)20(22-12-19(26)24(2)3)21-11-10-16-6-8-18(27-5)9-7-16;/h6-9,14H,10-13H2,1-5H3,(H,21,22);1H. The van der Waals surface area contributed by atoms with Crippen LogP contribution >= 0.6 is 35.3 Å². The van der Waals surface area contributed by atoms with E-state index in [1.807, 2.05) is 36.4 Å². The quantitative estimate of drug-likeness (QED) is 0.323. The summed E-state index contributed by atoms with van der Waals surface area (Å²) >= 11 is 1.63. The molecule has 2 aromatic rings. The molecule has 0 atom stereocenters. The first-order chi connectivity index (χ1) is 13.4. The molecule has 2 rings (SSSR count). The van der Waals surface area contributed by atoms with E-state index in [9.17, 15) is 4.79 Å². The van der Waals surface area contributed by atoms with E-state index < -0.39 is 0 Å². The Kier molecular flexibility index (Phi) is 11.0. The van der Waals surface area contributed by atoms with E-state index >= 15 is 0 Å². The maximum absolute atomic E-state index is 11.9. The third-order valence-corrected chi connectivity index (χ3v) is 4.97. The zero-order valence-electron chi connectivity index (χ0n) is 17.6. The number of amides is 1. The minimum Gasteiger partial charge on any atom is -0.497 e. The number of halogens is 1. The average molecular weight is 531 g/mol.